The maximum absolute atomic E-state index is 13.1. The van der Waals surface area contributed by atoms with Crippen LogP contribution >= 0.6 is 11.3 Å². The number of ether oxygens (including phenoxy) is 1. The number of aryl methyl sites for hydroxylation is 1. The molecule has 0 unspecified atom stereocenters. The van der Waals surface area contributed by atoms with Crippen molar-refractivity contribution in [3.8, 4) is 5.75 Å². The molecule has 2 rings (SSSR count). The second-order valence-corrected chi connectivity index (χ2v) is 5.91. The van der Waals surface area contributed by atoms with E-state index in [9.17, 15) is 4.39 Å². The number of hydrogen-bond donors (Lipinski definition) is 1. The van der Waals surface area contributed by atoms with Gasteiger partial charge in [0.1, 0.15) is 23.2 Å². The van der Waals surface area contributed by atoms with E-state index >= 15 is 0 Å². The van der Waals surface area contributed by atoms with E-state index in [1.165, 1.54) is 6.07 Å². The summed E-state index contributed by atoms with van der Waals surface area (Å²) < 4.78 is 18.8. The van der Waals surface area contributed by atoms with Gasteiger partial charge in [0, 0.05) is 18.0 Å². The number of hydrogen-bond acceptors (Lipinski definition) is 4. The molecule has 5 heteroatoms. The third-order valence-electron chi connectivity index (χ3n) is 2.78. The number of halogens is 1. The maximum atomic E-state index is 13.1. The van der Waals surface area contributed by atoms with Crippen LogP contribution in [0.2, 0.25) is 0 Å². The summed E-state index contributed by atoms with van der Waals surface area (Å²) in [6, 6.07) is 5.20. The van der Waals surface area contributed by atoms with E-state index in [0.717, 1.165) is 17.2 Å². The first-order chi connectivity index (χ1) is 9.54. The predicted molar refractivity (Wildman–Crippen MR) is 79.6 cm³/mol. The lowest BCUT2D eigenvalue weighted by molar-refractivity contribution is 0.301. The molecule has 0 aliphatic heterocycles. The van der Waals surface area contributed by atoms with Gasteiger partial charge in [-0.2, -0.15) is 0 Å². The van der Waals surface area contributed by atoms with Gasteiger partial charge in [0.15, 0.2) is 0 Å². The molecule has 3 nitrogen and oxygen atoms in total. The minimum Gasteiger partial charge on any atom is -0.487 e. The number of benzene rings is 1. The Morgan fingerprint density at radius 2 is 2.20 bits per heavy atom. The maximum Gasteiger partial charge on any atom is 0.131 e. The van der Waals surface area contributed by atoms with Gasteiger partial charge in [-0.25, -0.2) is 9.37 Å². The van der Waals surface area contributed by atoms with Gasteiger partial charge in [0.05, 0.1) is 5.69 Å². The van der Waals surface area contributed by atoms with E-state index in [2.05, 4.69) is 24.1 Å². The summed E-state index contributed by atoms with van der Waals surface area (Å²) in [5, 5.41) is 6.37. The van der Waals surface area contributed by atoms with Crippen molar-refractivity contribution in [2.45, 2.75) is 40.0 Å². The number of rotatable bonds is 6. The Bertz CT molecular complexity index is 569. The molecule has 0 amide bonds. The standard InChI is InChI=1S/C15H19FN2OS/c1-10(2)17-7-15-18-12(9-20-15)8-19-13-4-5-14(16)11(3)6-13/h4-6,9-10,17H,7-8H2,1-3H3. The Morgan fingerprint density at radius 3 is 2.90 bits per heavy atom. The van der Waals surface area contributed by atoms with Gasteiger partial charge in [0.2, 0.25) is 0 Å². The van der Waals surface area contributed by atoms with Crippen molar-refractivity contribution >= 4 is 11.3 Å². The molecular weight excluding hydrogens is 275 g/mol. The highest BCUT2D eigenvalue weighted by atomic mass is 32.1. The van der Waals surface area contributed by atoms with Crippen LogP contribution in [0, 0.1) is 12.7 Å². The molecule has 0 radical (unpaired) electrons. The van der Waals surface area contributed by atoms with E-state index in [1.807, 2.05) is 5.38 Å². The van der Waals surface area contributed by atoms with Crippen LogP contribution in [0.5, 0.6) is 5.75 Å². The third kappa shape index (κ3) is 4.28. The largest absolute Gasteiger partial charge is 0.487 e. The zero-order chi connectivity index (χ0) is 14.5. The third-order valence-corrected chi connectivity index (χ3v) is 3.67. The molecule has 0 saturated heterocycles. The first-order valence-electron chi connectivity index (χ1n) is 6.60. The molecule has 0 atom stereocenters. The second kappa shape index (κ2) is 6.81. The highest BCUT2D eigenvalue weighted by Gasteiger charge is 2.05. The lowest BCUT2D eigenvalue weighted by Crippen LogP contribution is -2.21. The van der Waals surface area contributed by atoms with E-state index in [1.54, 1.807) is 30.4 Å². The zero-order valence-electron chi connectivity index (χ0n) is 11.9. The fourth-order valence-electron chi connectivity index (χ4n) is 1.65. The van der Waals surface area contributed by atoms with Gasteiger partial charge in [0.25, 0.3) is 0 Å². The average molecular weight is 294 g/mol. The van der Waals surface area contributed by atoms with Crippen LogP contribution in [-0.2, 0) is 13.2 Å². The molecule has 108 valence electrons. The van der Waals surface area contributed by atoms with Gasteiger partial charge in [-0.15, -0.1) is 11.3 Å². The number of thiazole rings is 1. The summed E-state index contributed by atoms with van der Waals surface area (Å²) in [5.74, 6) is 0.451. The lowest BCUT2D eigenvalue weighted by atomic mass is 10.2. The fourth-order valence-corrected chi connectivity index (χ4v) is 2.38. The van der Waals surface area contributed by atoms with Gasteiger partial charge >= 0.3 is 0 Å². The molecule has 0 spiro atoms. The highest BCUT2D eigenvalue weighted by molar-refractivity contribution is 7.09. The highest BCUT2D eigenvalue weighted by Crippen LogP contribution is 2.18. The second-order valence-electron chi connectivity index (χ2n) is 4.97. The van der Waals surface area contributed by atoms with Crippen LogP contribution in [0.15, 0.2) is 23.6 Å². The molecule has 20 heavy (non-hydrogen) atoms. The van der Waals surface area contributed by atoms with Crippen LogP contribution in [0.25, 0.3) is 0 Å². The van der Waals surface area contributed by atoms with Crippen LogP contribution in [0.1, 0.15) is 30.1 Å². The SMILES string of the molecule is Cc1cc(OCc2csc(CNC(C)C)n2)ccc1F. The molecular formula is C15H19FN2OS. The van der Waals surface area contributed by atoms with Gasteiger partial charge in [-0.1, -0.05) is 13.8 Å². The Balaban J connectivity index is 1.89. The van der Waals surface area contributed by atoms with Crippen molar-refractivity contribution in [2.75, 3.05) is 0 Å². The molecule has 1 aromatic heterocycles. The molecule has 0 fully saturated rings. The van der Waals surface area contributed by atoms with Crippen molar-refractivity contribution in [2.24, 2.45) is 0 Å². The van der Waals surface area contributed by atoms with Crippen LogP contribution < -0.4 is 10.1 Å². The van der Waals surface area contributed by atoms with Crippen molar-refractivity contribution < 1.29 is 9.13 Å². The fraction of sp³-hybridized carbons (Fsp3) is 0.400. The van der Waals surface area contributed by atoms with E-state index < -0.39 is 0 Å². The van der Waals surface area contributed by atoms with E-state index in [0.29, 0.717) is 24.0 Å². The number of nitrogens with one attached hydrogen (secondary N) is 1. The predicted octanol–water partition coefficient (Wildman–Crippen LogP) is 3.67. The van der Waals surface area contributed by atoms with Gasteiger partial charge < -0.3 is 10.1 Å². The lowest BCUT2D eigenvalue weighted by Gasteiger charge is -2.06. The summed E-state index contributed by atoms with van der Waals surface area (Å²) in [7, 11) is 0. The Kier molecular flexibility index (Phi) is 5.09. The molecule has 1 heterocycles. The van der Waals surface area contributed by atoms with Crippen molar-refractivity contribution in [1.29, 1.82) is 0 Å². The summed E-state index contributed by atoms with van der Waals surface area (Å²) in [4.78, 5) is 4.49. The minimum atomic E-state index is -0.215. The zero-order valence-corrected chi connectivity index (χ0v) is 12.8. The van der Waals surface area contributed by atoms with Crippen molar-refractivity contribution in [3.05, 3.63) is 45.7 Å². The summed E-state index contributed by atoms with van der Waals surface area (Å²) in [6.45, 7) is 7.12. The van der Waals surface area contributed by atoms with E-state index in [4.69, 9.17) is 4.74 Å². The average Bonchev–Trinajstić information content (AvgIpc) is 2.86. The number of aromatic nitrogens is 1. The monoisotopic (exact) mass is 294 g/mol. The van der Waals surface area contributed by atoms with Crippen molar-refractivity contribution in [3.63, 3.8) is 0 Å². The van der Waals surface area contributed by atoms with E-state index in [-0.39, 0.29) is 5.82 Å². The quantitative estimate of drug-likeness (QED) is 0.882. The normalized spacial score (nSPS) is 11.1. The molecule has 2 aromatic rings. The van der Waals surface area contributed by atoms with Gasteiger partial charge in [-0.05, 0) is 30.7 Å². The Labute approximate surface area is 122 Å². The molecule has 0 aliphatic rings. The van der Waals surface area contributed by atoms with Crippen molar-refractivity contribution in [1.82, 2.24) is 10.3 Å². The van der Waals surface area contributed by atoms with Crippen LogP contribution in [0.4, 0.5) is 4.39 Å². The first kappa shape index (κ1) is 14.9. The number of nitrogens with zero attached hydrogens (tertiary/aromatic N) is 1. The molecule has 0 aliphatic carbocycles. The molecule has 0 saturated carbocycles. The van der Waals surface area contributed by atoms with Crippen LogP contribution in [-0.4, -0.2) is 11.0 Å². The Hall–Kier alpha value is -1.46. The van der Waals surface area contributed by atoms with Gasteiger partial charge in [-0.3, -0.25) is 0 Å². The summed E-state index contributed by atoms with van der Waals surface area (Å²) in [5.41, 5.74) is 1.49. The molecule has 1 aromatic carbocycles. The topological polar surface area (TPSA) is 34.1 Å². The minimum absolute atomic E-state index is 0.215. The molecule has 0 bridgehead atoms. The summed E-state index contributed by atoms with van der Waals surface area (Å²) in [6.07, 6.45) is 0. The smallest absolute Gasteiger partial charge is 0.131 e. The molecule has 1 N–H and O–H groups in total. The van der Waals surface area contributed by atoms with Crippen LogP contribution in [0.3, 0.4) is 0 Å². The summed E-state index contributed by atoms with van der Waals surface area (Å²) >= 11 is 1.62. The Morgan fingerprint density at radius 1 is 1.40 bits per heavy atom. The first-order valence-corrected chi connectivity index (χ1v) is 7.48.